The molecule has 182 valence electrons. The van der Waals surface area contributed by atoms with Crippen LogP contribution in [0.5, 0.6) is 5.75 Å². The highest BCUT2D eigenvalue weighted by molar-refractivity contribution is 7.10. The molecule has 0 bridgehead atoms. The average molecular weight is 489 g/mol. The topological polar surface area (TPSA) is 49.9 Å². The Morgan fingerprint density at radius 1 is 1.03 bits per heavy atom. The Morgan fingerprint density at radius 2 is 1.77 bits per heavy atom. The summed E-state index contributed by atoms with van der Waals surface area (Å²) < 4.78 is 6.26. The Bertz CT molecular complexity index is 1230. The fourth-order valence-corrected chi connectivity index (χ4v) is 5.78. The number of hydrogen-bond acceptors (Lipinski definition) is 4. The number of rotatable bonds is 7. The van der Waals surface area contributed by atoms with Crippen molar-refractivity contribution in [1.29, 1.82) is 0 Å². The lowest BCUT2D eigenvalue weighted by molar-refractivity contribution is -0.135. The maximum atomic E-state index is 13.7. The van der Waals surface area contributed by atoms with Crippen LogP contribution in [0, 0.1) is 20.8 Å². The Labute approximate surface area is 211 Å². The van der Waals surface area contributed by atoms with E-state index in [1.54, 1.807) is 16.2 Å². The zero-order valence-electron chi connectivity index (χ0n) is 20.6. The lowest BCUT2D eigenvalue weighted by Crippen LogP contribution is -2.48. The first kappa shape index (κ1) is 23.6. The van der Waals surface area contributed by atoms with Crippen molar-refractivity contribution in [2.75, 3.05) is 19.7 Å². The zero-order chi connectivity index (χ0) is 24.5. The molecule has 0 saturated heterocycles. The number of amides is 2. The van der Waals surface area contributed by atoms with Crippen LogP contribution in [0.2, 0.25) is 0 Å². The molecule has 0 N–H and O–H groups in total. The van der Waals surface area contributed by atoms with E-state index in [0.29, 0.717) is 18.7 Å². The third-order valence-corrected chi connectivity index (χ3v) is 7.99. The Kier molecular flexibility index (Phi) is 6.65. The molecule has 1 saturated carbocycles. The summed E-state index contributed by atoms with van der Waals surface area (Å²) in [4.78, 5) is 32.0. The number of hydrogen-bond donors (Lipinski definition) is 0. The fraction of sp³-hybridized carbons (Fsp3) is 0.379. The summed E-state index contributed by atoms with van der Waals surface area (Å²) in [6.45, 7) is 7.27. The number of carbonyl (C=O) groups excluding carboxylic acids is 2. The molecule has 0 radical (unpaired) electrons. The van der Waals surface area contributed by atoms with Gasteiger partial charge in [0.2, 0.25) is 5.91 Å². The Balaban J connectivity index is 1.34. The van der Waals surface area contributed by atoms with Crippen molar-refractivity contribution in [2.45, 2.75) is 52.1 Å². The Hall–Kier alpha value is -3.12. The van der Waals surface area contributed by atoms with Crippen molar-refractivity contribution in [2.24, 2.45) is 0 Å². The van der Waals surface area contributed by atoms with Crippen molar-refractivity contribution >= 4 is 23.2 Å². The number of nitrogens with zero attached hydrogens (tertiary/aromatic N) is 2. The van der Waals surface area contributed by atoms with Crippen LogP contribution in [-0.4, -0.2) is 47.4 Å². The third-order valence-electron chi connectivity index (χ3n) is 6.99. The molecule has 35 heavy (non-hydrogen) atoms. The van der Waals surface area contributed by atoms with E-state index < -0.39 is 0 Å². The van der Waals surface area contributed by atoms with E-state index in [1.807, 2.05) is 55.1 Å². The second kappa shape index (κ2) is 9.86. The van der Waals surface area contributed by atoms with E-state index in [9.17, 15) is 9.59 Å². The minimum atomic E-state index is -0.159. The van der Waals surface area contributed by atoms with Gasteiger partial charge in [-0.3, -0.25) is 9.59 Å². The normalized spacial score (nSPS) is 17.1. The first-order valence-corrected chi connectivity index (χ1v) is 13.2. The van der Waals surface area contributed by atoms with Crippen molar-refractivity contribution in [3.63, 3.8) is 0 Å². The van der Waals surface area contributed by atoms with Gasteiger partial charge in [0, 0.05) is 23.0 Å². The zero-order valence-corrected chi connectivity index (χ0v) is 21.4. The van der Waals surface area contributed by atoms with Gasteiger partial charge < -0.3 is 14.5 Å². The first-order chi connectivity index (χ1) is 16.9. The second-order valence-corrected chi connectivity index (χ2v) is 10.8. The van der Waals surface area contributed by atoms with Crippen LogP contribution in [0.25, 0.3) is 0 Å². The average Bonchev–Trinajstić information content (AvgIpc) is 3.57. The van der Waals surface area contributed by atoms with Gasteiger partial charge in [-0.1, -0.05) is 35.4 Å². The molecule has 1 aromatic heterocycles. The van der Waals surface area contributed by atoms with E-state index in [2.05, 4.69) is 24.4 Å². The fourth-order valence-electron chi connectivity index (χ4n) is 4.86. The number of ether oxygens (including phenoxy) is 1. The van der Waals surface area contributed by atoms with E-state index in [4.69, 9.17) is 4.74 Å². The molecule has 2 heterocycles. The van der Waals surface area contributed by atoms with Crippen LogP contribution in [0.4, 0.5) is 0 Å². The molecule has 1 atom stereocenters. The molecule has 5 rings (SSSR count). The van der Waals surface area contributed by atoms with E-state index in [1.165, 1.54) is 16.0 Å². The highest BCUT2D eigenvalue weighted by atomic mass is 32.1. The van der Waals surface area contributed by atoms with Gasteiger partial charge in [0.05, 0.1) is 6.04 Å². The van der Waals surface area contributed by atoms with E-state index in [0.717, 1.165) is 36.1 Å². The molecular formula is C29H32N2O3S. The number of benzene rings is 2. The summed E-state index contributed by atoms with van der Waals surface area (Å²) >= 11 is 1.74. The minimum absolute atomic E-state index is 0.0107. The molecule has 1 aliphatic carbocycles. The van der Waals surface area contributed by atoms with Gasteiger partial charge in [-0.05, 0) is 80.8 Å². The molecular weight excluding hydrogens is 456 g/mol. The summed E-state index contributed by atoms with van der Waals surface area (Å²) in [5, 5.41) is 2.10. The van der Waals surface area contributed by atoms with Crippen molar-refractivity contribution < 1.29 is 14.3 Å². The van der Waals surface area contributed by atoms with Crippen LogP contribution >= 0.6 is 11.3 Å². The smallest absolute Gasteiger partial charge is 0.254 e. The molecule has 0 unspecified atom stereocenters. The van der Waals surface area contributed by atoms with Crippen LogP contribution in [-0.2, 0) is 11.2 Å². The standard InChI is InChI=1S/C29H32N2O3S/c1-19-4-7-22(8-5-19)29(33)31(23-9-10-23)17-28(32)30-14-12-27-24(13-15-35-27)25(30)18-34-26-11-6-20(2)16-21(26)3/h4-8,11,13,15-16,23,25H,9-10,12,14,17-18H2,1-3H3/t25-/m1/s1. The maximum absolute atomic E-state index is 13.7. The third kappa shape index (κ3) is 5.13. The lowest BCUT2D eigenvalue weighted by atomic mass is 10.00. The number of carbonyl (C=O) groups is 2. The van der Waals surface area contributed by atoms with Crippen molar-refractivity contribution in [3.8, 4) is 5.75 Å². The van der Waals surface area contributed by atoms with Gasteiger partial charge >= 0.3 is 0 Å². The summed E-state index contributed by atoms with van der Waals surface area (Å²) in [5.41, 5.74) is 5.21. The Morgan fingerprint density at radius 3 is 2.49 bits per heavy atom. The van der Waals surface area contributed by atoms with Crippen LogP contribution < -0.4 is 4.74 Å². The van der Waals surface area contributed by atoms with Gasteiger partial charge in [0.1, 0.15) is 18.9 Å². The van der Waals surface area contributed by atoms with Gasteiger partial charge in [-0.15, -0.1) is 11.3 Å². The molecule has 1 aliphatic heterocycles. The number of thiophene rings is 1. The SMILES string of the molecule is Cc1ccc(C(=O)N(CC(=O)N2CCc3sccc3[C@H]2COc2ccc(C)cc2C)C2CC2)cc1. The van der Waals surface area contributed by atoms with Crippen molar-refractivity contribution in [3.05, 3.63) is 86.6 Å². The second-order valence-electron chi connectivity index (χ2n) is 9.76. The van der Waals surface area contributed by atoms with Gasteiger partial charge in [0.25, 0.3) is 5.91 Å². The molecule has 5 nitrogen and oxygen atoms in total. The highest BCUT2D eigenvalue weighted by Crippen LogP contribution is 2.35. The lowest BCUT2D eigenvalue weighted by Gasteiger charge is -2.37. The van der Waals surface area contributed by atoms with Gasteiger partial charge in [-0.25, -0.2) is 0 Å². The quantitative estimate of drug-likeness (QED) is 0.442. The van der Waals surface area contributed by atoms with E-state index >= 15 is 0 Å². The first-order valence-electron chi connectivity index (χ1n) is 12.3. The summed E-state index contributed by atoms with van der Waals surface area (Å²) in [6.07, 6.45) is 2.76. The van der Waals surface area contributed by atoms with Crippen LogP contribution in [0.3, 0.4) is 0 Å². The monoisotopic (exact) mass is 488 g/mol. The highest BCUT2D eigenvalue weighted by Gasteiger charge is 2.38. The molecule has 2 aliphatic rings. The molecule has 6 heteroatoms. The summed E-state index contributed by atoms with van der Waals surface area (Å²) in [5.74, 6) is 0.778. The summed E-state index contributed by atoms with van der Waals surface area (Å²) in [7, 11) is 0. The summed E-state index contributed by atoms with van der Waals surface area (Å²) in [6, 6.07) is 15.9. The predicted molar refractivity (Wildman–Crippen MR) is 139 cm³/mol. The minimum Gasteiger partial charge on any atom is -0.491 e. The largest absolute Gasteiger partial charge is 0.491 e. The van der Waals surface area contributed by atoms with Crippen LogP contribution in [0.15, 0.2) is 53.9 Å². The molecule has 1 fully saturated rings. The number of fused-ring (bicyclic) bond motifs is 1. The van der Waals surface area contributed by atoms with E-state index in [-0.39, 0.29) is 30.4 Å². The molecule has 2 aromatic carbocycles. The van der Waals surface area contributed by atoms with Gasteiger partial charge in [-0.2, -0.15) is 0 Å². The van der Waals surface area contributed by atoms with Crippen molar-refractivity contribution in [1.82, 2.24) is 9.80 Å². The predicted octanol–water partition coefficient (Wildman–Crippen LogP) is 5.48. The molecule has 3 aromatic rings. The molecule has 0 spiro atoms. The van der Waals surface area contributed by atoms with Gasteiger partial charge in [0.15, 0.2) is 0 Å². The number of aryl methyl sites for hydroxylation is 3. The molecule has 2 amide bonds. The van der Waals surface area contributed by atoms with Crippen LogP contribution in [0.1, 0.15) is 56.4 Å². The maximum Gasteiger partial charge on any atom is 0.254 e.